The molecule has 0 radical (unpaired) electrons. The zero-order valence-corrected chi connectivity index (χ0v) is 10.0. The highest BCUT2D eigenvalue weighted by atomic mass is 16.5. The van der Waals surface area contributed by atoms with Gasteiger partial charge in [-0.25, -0.2) is 14.8 Å². The smallest absolute Gasteiger partial charge is 0.356 e. The molecule has 0 unspecified atom stereocenters. The van der Waals surface area contributed by atoms with Crippen molar-refractivity contribution in [3.8, 4) is 0 Å². The van der Waals surface area contributed by atoms with Crippen LogP contribution in [-0.2, 0) is 11.3 Å². The number of rotatable bonds is 5. The average molecular weight is 246 g/mol. The van der Waals surface area contributed by atoms with Crippen LogP contribution in [0.3, 0.4) is 0 Å². The Bertz CT molecular complexity index is 511. The van der Waals surface area contributed by atoms with E-state index in [4.69, 9.17) is 0 Å². The zero-order valence-electron chi connectivity index (χ0n) is 10.0. The molecule has 0 aliphatic carbocycles. The molecule has 0 fully saturated rings. The normalized spacial score (nSPS) is 10.1. The fourth-order valence-electron chi connectivity index (χ4n) is 1.51. The highest BCUT2D eigenvalue weighted by Gasteiger charge is 2.06. The number of ether oxygens (including phenoxy) is 1. The van der Waals surface area contributed by atoms with Crippen molar-refractivity contribution in [1.82, 2.24) is 14.5 Å². The quantitative estimate of drug-likeness (QED) is 0.802. The third-order valence-electron chi connectivity index (χ3n) is 2.41. The fraction of sp³-hybridized carbons (Fsp3) is 0.250. The standard InChI is InChI=1S/C12H14N4O2/c1-18-12(17)11-8-10(2-3-15-11)14-5-7-16-6-4-13-9-16/h2-4,6,8-9H,5,7H2,1H3,(H,14,15). The first-order valence-corrected chi connectivity index (χ1v) is 5.53. The van der Waals surface area contributed by atoms with E-state index in [1.165, 1.54) is 7.11 Å². The summed E-state index contributed by atoms with van der Waals surface area (Å²) < 4.78 is 6.58. The third-order valence-corrected chi connectivity index (χ3v) is 2.41. The third kappa shape index (κ3) is 3.07. The molecule has 0 aliphatic heterocycles. The van der Waals surface area contributed by atoms with Crippen LogP contribution < -0.4 is 5.32 Å². The monoisotopic (exact) mass is 246 g/mol. The number of hydrogen-bond acceptors (Lipinski definition) is 5. The first-order chi connectivity index (χ1) is 8.79. The summed E-state index contributed by atoms with van der Waals surface area (Å²) in [6, 6.07) is 3.47. The summed E-state index contributed by atoms with van der Waals surface area (Å²) in [7, 11) is 1.34. The number of pyridine rings is 1. The molecule has 0 bridgehead atoms. The van der Waals surface area contributed by atoms with Crippen LogP contribution in [0.2, 0.25) is 0 Å². The summed E-state index contributed by atoms with van der Waals surface area (Å²) in [5.74, 6) is -0.437. The minimum Gasteiger partial charge on any atom is -0.464 e. The van der Waals surface area contributed by atoms with Gasteiger partial charge in [0, 0.05) is 37.4 Å². The van der Waals surface area contributed by atoms with Gasteiger partial charge in [0.2, 0.25) is 0 Å². The lowest BCUT2D eigenvalue weighted by molar-refractivity contribution is 0.0594. The van der Waals surface area contributed by atoms with Gasteiger partial charge in [-0.05, 0) is 12.1 Å². The van der Waals surface area contributed by atoms with Gasteiger partial charge in [0.15, 0.2) is 0 Å². The molecule has 2 aromatic heterocycles. The molecule has 0 aromatic carbocycles. The van der Waals surface area contributed by atoms with E-state index in [2.05, 4.69) is 20.0 Å². The molecular formula is C12H14N4O2. The molecule has 18 heavy (non-hydrogen) atoms. The Kier molecular flexibility index (Phi) is 3.90. The van der Waals surface area contributed by atoms with Crippen LogP contribution in [-0.4, -0.2) is 34.2 Å². The molecule has 0 spiro atoms. The molecule has 0 saturated heterocycles. The average Bonchev–Trinajstić information content (AvgIpc) is 2.91. The van der Waals surface area contributed by atoms with E-state index in [1.807, 2.05) is 10.8 Å². The lowest BCUT2D eigenvalue weighted by Crippen LogP contribution is -2.10. The minimum atomic E-state index is -0.437. The predicted octanol–water partition coefficient (Wildman–Crippen LogP) is 1.18. The number of carbonyl (C=O) groups is 1. The Hall–Kier alpha value is -2.37. The number of esters is 1. The van der Waals surface area contributed by atoms with Crippen LogP contribution in [0, 0.1) is 0 Å². The van der Waals surface area contributed by atoms with E-state index in [1.54, 1.807) is 30.9 Å². The van der Waals surface area contributed by atoms with Crippen molar-refractivity contribution in [2.45, 2.75) is 6.54 Å². The van der Waals surface area contributed by atoms with Crippen LogP contribution >= 0.6 is 0 Å². The van der Waals surface area contributed by atoms with E-state index in [-0.39, 0.29) is 0 Å². The molecule has 0 aliphatic rings. The van der Waals surface area contributed by atoms with Crippen molar-refractivity contribution in [2.24, 2.45) is 0 Å². The van der Waals surface area contributed by atoms with E-state index < -0.39 is 5.97 Å². The largest absolute Gasteiger partial charge is 0.464 e. The highest BCUT2D eigenvalue weighted by molar-refractivity contribution is 5.88. The summed E-state index contributed by atoms with van der Waals surface area (Å²) in [6.07, 6.45) is 6.97. The van der Waals surface area contributed by atoms with Crippen LogP contribution in [0.1, 0.15) is 10.5 Å². The Labute approximate surface area is 105 Å². The van der Waals surface area contributed by atoms with Gasteiger partial charge in [-0.15, -0.1) is 0 Å². The van der Waals surface area contributed by atoms with Gasteiger partial charge < -0.3 is 14.6 Å². The van der Waals surface area contributed by atoms with Gasteiger partial charge in [-0.3, -0.25) is 0 Å². The van der Waals surface area contributed by atoms with Gasteiger partial charge in [-0.2, -0.15) is 0 Å². The molecule has 2 aromatic rings. The van der Waals surface area contributed by atoms with Crippen molar-refractivity contribution in [2.75, 3.05) is 19.0 Å². The van der Waals surface area contributed by atoms with Crippen LogP contribution in [0.25, 0.3) is 0 Å². The van der Waals surface area contributed by atoms with Crippen molar-refractivity contribution in [1.29, 1.82) is 0 Å². The Morgan fingerprint density at radius 3 is 3.11 bits per heavy atom. The molecule has 94 valence electrons. The molecule has 6 nitrogen and oxygen atoms in total. The lowest BCUT2D eigenvalue weighted by atomic mass is 10.3. The Morgan fingerprint density at radius 2 is 2.39 bits per heavy atom. The minimum absolute atomic E-state index is 0.296. The summed E-state index contributed by atoms with van der Waals surface area (Å²) in [5.41, 5.74) is 1.13. The number of methoxy groups -OCH3 is 1. The Balaban J connectivity index is 1.91. The number of nitrogens with one attached hydrogen (secondary N) is 1. The Morgan fingerprint density at radius 1 is 1.50 bits per heavy atom. The van der Waals surface area contributed by atoms with Crippen molar-refractivity contribution >= 4 is 11.7 Å². The van der Waals surface area contributed by atoms with Crippen LogP contribution in [0.15, 0.2) is 37.1 Å². The van der Waals surface area contributed by atoms with E-state index in [0.717, 1.165) is 18.8 Å². The van der Waals surface area contributed by atoms with Crippen molar-refractivity contribution < 1.29 is 9.53 Å². The maximum absolute atomic E-state index is 11.3. The number of anilines is 1. The summed E-state index contributed by atoms with van der Waals surface area (Å²) in [6.45, 7) is 1.54. The first-order valence-electron chi connectivity index (χ1n) is 5.53. The number of carbonyl (C=O) groups excluding carboxylic acids is 1. The van der Waals surface area contributed by atoms with Gasteiger partial charge in [0.05, 0.1) is 13.4 Å². The maximum Gasteiger partial charge on any atom is 0.356 e. The van der Waals surface area contributed by atoms with E-state index in [9.17, 15) is 4.79 Å². The van der Waals surface area contributed by atoms with Crippen LogP contribution in [0.5, 0.6) is 0 Å². The van der Waals surface area contributed by atoms with E-state index in [0.29, 0.717) is 5.69 Å². The summed E-state index contributed by atoms with van der Waals surface area (Å²) >= 11 is 0. The topological polar surface area (TPSA) is 69.0 Å². The van der Waals surface area contributed by atoms with Crippen molar-refractivity contribution in [3.63, 3.8) is 0 Å². The second-order valence-corrected chi connectivity index (χ2v) is 3.65. The van der Waals surface area contributed by atoms with Crippen molar-refractivity contribution in [3.05, 3.63) is 42.7 Å². The molecule has 2 rings (SSSR count). The maximum atomic E-state index is 11.3. The number of nitrogens with zero attached hydrogens (tertiary/aromatic N) is 3. The molecular weight excluding hydrogens is 232 g/mol. The van der Waals surface area contributed by atoms with Gasteiger partial charge in [0.1, 0.15) is 5.69 Å². The molecule has 0 amide bonds. The lowest BCUT2D eigenvalue weighted by Gasteiger charge is -2.07. The van der Waals surface area contributed by atoms with Gasteiger partial charge >= 0.3 is 5.97 Å². The fourth-order valence-corrected chi connectivity index (χ4v) is 1.51. The second kappa shape index (κ2) is 5.81. The first kappa shape index (κ1) is 12.1. The van der Waals surface area contributed by atoms with Gasteiger partial charge in [0.25, 0.3) is 0 Å². The predicted molar refractivity (Wildman–Crippen MR) is 66.3 cm³/mol. The van der Waals surface area contributed by atoms with Gasteiger partial charge in [-0.1, -0.05) is 0 Å². The SMILES string of the molecule is COC(=O)c1cc(NCCn2ccnc2)ccn1. The molecule has 6 heteroatoms. The number of imidazole rings is 1. The van der Waals surface area contributed by atoms with E-state index >= 15 is 0 Å². The summed E-state index contributed by atoms with van der Waals surface area (Å²) in [4.78, 5) is 19.2. The summed E-state index contributed by atoms with van der Waals surface area (Å²) in [5, 5.41) is 3.21. The zero-order chi connectivity index (χ0) is 12.8. The molecule has 2 heterocycles. The molecule has 0 saturated carbocycles. The molecule has 1 N–H and O–H groups in total. The number of hydrogen-bond donors (Lipinski definition) is 1. The number of aromatic nitrogens is 3. The molecule has 0 atom stereocenters. The second-order valence-electron chi connectivity index (χ2n) is 3.65. The van der Waals surface area contributed by atoms with Crippen LogP contribution in [0.4, 0.5) is 5.69 Å². The highest BCUT2D eigenvalue weighted by Crippen LogP contribution is 2.08.